The fraction of sp³-hybridized carbons (Fsp3) is 0.0185. The number of dihydropyridines is 1. The van der Waals surface area contributed by atoms with Crippen LogP contribution in [-0.2, 0) is 0 Å². The van der Waals surface area contributed by atoms with Crippen molar-refractivity contribution in [2.75, 3.05) is 0 Å². The Morgan fingerprint density at radius 2 is 1.00 bits per heavy atom. The van der Waals surface area contributed by atoms with Crippen LogP contribution in [0.15, 0.2) is 197 Å². The molecule has 0 saturated heterocycles. The lowest BCUT2D eigenvalue weighted by Gasteiger charge is -2.25. The van der Waals surface area contributed by atoms with E-state index >= 15 is 0 Å². The van der Waals surface area contributed by atoms with Crippen molar-refractivity contribution in [3.63, 3.8) is 0 Å². The number of allylic oxidation sites excluding steroid dienone is 2. The second-order valence-electron chi connectivity index (χ2n) is 15.6. The molecule has 0 radical (unpaired) electrons. The standard InChI is InChI=1S/C54H33N3O2S/c1-2-9-32(10-3-1)44-13-8-16-53(55-44)57-46-14-6-4-11-38(46)39-27-33(17-22-47(39)57)34-18-23-48-40(28-34)41-29-35(19-24-49(41)58-48)36-20-25-50-42(30-36)43-31-37(21-26-51(43)59-50)54-56-45-12-5-7-15-52(45)60-54/h1-31,53,55H. The zero-order valence-electron chi connectivity index (χ0n) is 32.1. The number of furan rings is 2. The van der Waals surface area contributed by atoms with Gasteiger partial charge in [0.05, 0.1) is 21.3 Å². The molecule has 1 N–H and O–H groups in total. The van der Waals surface area contributed by atoms with E-state index in [4.69, 9.17) is 13.8 Å². The number of nitrogens with zero attached hydrogens (tertiary/aromatic N) is 2. The van der Waals surface area contributed by atoms with Crippen LogP contribution in [-0.4, -0.2) is 9.55 Å². The first-order valence-corrected chi connectivity index (χ1v) is 21.0. The van der Waals surface area contributed by atoms with Crippen LogP contribution in [0.3, 0.4) is 0 Å². The first-order chi connectivity index (χ1) is 29.7. The highest BCUT2D eigenvalue weighted by Crippen LogP contribution is 2.41. The van der Waals surface area contributed by atoms with Gasteiger partial charge in [0.2, 0.25) is 0 Å². The highest BCUT2D eigenvalue weighted by atomic mass is 32.1. The summed E-state index contributed by atoms with van der Waals surface area (Å²) in [5.74, 6) is 0. The molecular weight excluding hydrogens is 755 g/mol. The van der Waals surface area contributed by atoms with Crippen molar-refractivity contribution in [3.8, 4) is 32.8 Å². The summed E-state index contributed by atoms with van der Waals surface area (Å²) in [7, 11) is 0. The highest BCUT2D eigenvalue weighted by Gasteiger charge is 2.20. The molecule has 282 valence electrons. The van der Waals surface area contributed by atoms with E-state index in [-0.39, 0.29) is 6.17 Å². The molecule has 1 unspecified atom stereocenters. The summed E-state index contributed by atoms with van der Waals surface area (Å²) in [5, 5.41) is 11.6. The van der Waals surface area contributed by atoms with Crippen molar-refractivity contribution in [1.29, 1.82) is 0 Å². The SMILES string of the molecule is C1=CC(n2c3ccccc3c3cc(-c4ccc5oc6ccc(-c7ccc8oc9ccc(-c%10nc%11ccccc%11s%10)cc9c8c7)cc6c5c4)ccc32)NC(c2ccccc2)=C1. The predicted octanol–water partition coefficient (Wildman–Crippen LogP) is 14.9. The lowest BCUT2D eigenvalue weighted by molar-refractivity contribution is 0.589. The number of hydrogen-bond donors (Lipinski definition) is 1. The molecule has 0 fully saturated rings. The lowest BCUT2D eigenvalue weighted by Crippen LogP contribution is -2.25. The molecule has 6 heteroatoms. The second kappa shape index (κ2) is 12.9. The van der Waals surface area contributed by atoms with Crippen molar-refractivity contribution < 1.29 is 8.83 Å². The highest BCUT2D eigenvalue weighted by molar-refractivity contribution is 7.21. The fourth-order valence-electron chi connectivity index (χ4n) is 9.16. The summed E-state index contributed by atoms with van der Waals surface area (Å²) in [4.78, 5) is 4.92. The quantitative estimate of drug-likeness (QED) is 0.189. The van der Waals surface area contributed by atoms with Crippen LogP contribution in [0.4, 0.5) is 0 Å². The van der Waals surface area contributed by atoms with Crippen LogP contribution in [0.5, 0.6) is 0 Å². The molecule has 4 aromatic heterocycles. The molecule has 1 aliphatic rings. The Kier molecular flexibility index (Phi) is 7.17. The van der Waals surface area contributed by atoms with Gasteiger partial charge in [-0.05, 0) is 125 Å². The van der Waals surface area contributed by atoms with Crippen molar-refractivity contribution >= 4 is 92.9 Å². The van der Waals surface area contributed by atoms with Gasteiger partial charge in [-0.15, -0.1) is 11.3 Å². The molecule has 12 aromatic rings. The van der Waals surface area contributed by atoms with Crippen LogP contribution >= 0.6 is 11.3 Å². The molecule has 0 spiro atoms. The molecule has 0 amide bonds. The summed E-state index contributed by atoms with van der Waals surface area (Å²) < 4.78 is 16.4. The topological polar surface area (TPSA) is 56.1 Å². The maximum atomic E-state index is 6.42. The van der Waals surface area contributed by atoms with Gasteiger partial charge >= 0.3 is 0 Å². The van der Waals surface area contributed by atoms with E-state index in [2.05, 4.69) is 192 Å². The molecule has 1 aliphatic heterocycles. The predicted molar refractivity (Wildman–Crippen MR) is 249 cm³/mol. The third-order valence-electron chi connectivity index (χ3n) is 12.1. The van der Waals surface area contributed by atoms with Gasteiger partial charge in [0.15, 0.2) is 0 Å². The van der Waals surface area contributed by atoms with Crippen LogP contribution in [0.25, 0.3) is 114 Å². The average Bonchev–Trinajstić information content (AvgIpc) is 4.09. The van der Waals surface area contributed by atoms with Crippen LogP contribution in [0, 0.1) is 0 Å². The first kappa shape index (κ1) is 33.3. The molecule has 8 aromatic carbocycles. The molecule has 1 atom stereocenters. The largest absolute Gasteiger partial charge is 0.456 e. The Morgan fingerprint density at radius 3 is 1.67 bits per heavy atom. The van der Waals surface area contributed by atoms with Crippen molar-refractivity contribution in [2.45, 2.75) is 6.17 Å². The van der Waals surface area contributed by atoms with Gasteiger partial charge in [-0.3, -0.25) is 0 Å². The van der Waals surface area contributed by atoms with Gasteiger partial charge < -0.3 is 18.7 Å². The first-order valence-electron chi connectivity index (χ1n) is 20.2. The van der Waals surface area contributed by atoms with E-state index in [0.717, 1.165) is 87.9 Å². The number of para-hydroxylation sites is 2. The van der Waals surface area contributed by atoms with E-state index in [9.17, 15) is 0 Å². The van der Waals surface area contributed by atoms with Crippen molar-refractivity contribution in [3.05, 3.63) is 194 Å². The minimum atomic E-state index is -0.0313. The average molecular weight is 788 g/mol. The zero-order valence-corrected chi connectivity index (χ0v) is 32.9. The van der Waals surface area contributed by atoms with Crippen LogP contribution in [0.2, 0.25) is 0 Å². The van der Waals surface area contributed by atoms with E-state index < -0.39 is 0 Å². The second-order valence-corrected chi connectivity index (χ2v) is 16.6. The number of aromatic nitrogens is 2. The van der Waals surface area contributed by atoms with E-state index in [0.29, 0.717) is 0 Å². The molecule has 13 rings (SSSR count). The molecular formula is C54H33N3O2S. The van der Waals surface area contributed by atoms with Gasteiger partial charge in [0.25, 0.3) is 0 Å². The number of benzene rings is 8. The third kappa shape index (κ3) is 5.21. The molecule has 5 heterocycles. The summed E-state index contributed by atoms with van der Waals surface area (Å²) >= 11 is 1.72. The maximum absolute atomic E-state index is 6.42. The third-order valence-corrected chi connectivity index (χ3v) is 13.2. The molecule has 60 heavy (non-hydrogen) atoms. The molecule has 0 aliphatic carbocycles. The van der Waals surface area contributed by atoms with Crippen LogP contribution in [0.1, 0.15) is 11.7 Å². The van der Waals surface area contributed by atoms with Gasteiger partial charge in [-0.2, -0.15) is 0 Å². The number of thiazole rings is 1. The van der Waals surface area contributed by atoms with Crippen molar-refractivity contribution in [1.82, 2.24) is 14.9 Å². The van der Waals surface area contributed by atoms with Gasteiger partial charge in [0, 0.05) is 43.6 Å². The smallest absolute Gasteiger partial charge is 0.135 e. The molecule has 0 bridgehead atoms. The van der Waals surface area contributed by atoms with Gasteiger partial charge in [0.1, 0.15) is 33.5 Å². The monoisotopic (exact) mass is 787 g/mol. The van der Waals surface area contributed by atoms with E-state index in [1.165, 1.54) is 32.1 Å². The summed E-state index contributed by atoms with van der Waals surface area (Å²) in [6.45, 7) is 0. The maximum Gasteiger partial charge on any atom is 0.135 e. The zero-order chi connectivity index (χ0) is 39.3. The van der Waals surface area contributed by atoms with Gasteiger partial charge in [-0.1, -0.05) is 91.0 Å². The number of hydrogen-bond acceptors (Lipinski definition) is 5. The van der Waals surface area contributed by atoms with Crippen LogP contribution < -0.4 is 5.32 Å². The number of fused-ring (bicyclic) bond motifs is 10. The Hall–Kier alpha value is -7.67. The number of nitrogens with one attached hydrogen (secondary N) is 1. The molecule has 5 nitrogen and oxygen atoms in total. The minimum absolute atomic E-state index is 0.0313. The normalized spacial score (nSPS) is 14.3. The minimum Gasteiger partial charge on any atom is -0.456 e. The Bertz CT molecular complexity index is 3730. The van der Waals surface area contributed by atoms with E-state index in [1.54, 1.807) is 11.3 Å². The Balaban J connectivity index is 0.877. The number of rotatable bonds is 5. The lowest BCUT2D eigenvalue weighted by atomic mass is 9.98. The van der Waals surface area contributed by atoms with Crippen molar-refractivity contribution in [2.24, 2.45) is 0 Å². The summed E-state index contributed by atoms with van der Waals surface area (Å²) in [6.07, 6.45) is 6.51. The molecule has 0 saturated carbocycles. The fourth-order valence-corrected chi connectivity index (χ4v) is 10.1. The Labute approximate surface area is 347 Å². The summed E-state index contributed by atoms with van der Waals surface area (Å²) in [6, 6.07) is 60.4. The van der Waals surface area contributed by atoms with Gasteiger partial charge in [-0.25, -0.2) is 4.98 Å². The Morgan fingerprint density at radius 1 is 0.467 bits per heavy atom. The summed E-state index contributed by atoms with van der Waals surface area (Å²) in [5.41, 5.74) is 14.8. The van der Waals surface area contributed by atoms with E-state index in [1.807, 2.05) is 6.07 Å².